The predicted octanol–water partition coefficient (Wildman–Crippen LogP) is 4.26. The summed E-state index contributed by atoms with van der Waals surface area (Å²) in [5.74, 6) is -1.31. The molecule has 0 radical (unpaired) electrons. The molecule has 0 unspecified atom stereocenters. The van der Waals surface area contributed by atoms with E-state index in [2.05, 4.69) is 4.98 Å². The average Bonchev–Trinajstić information content (AvgIpc) is 2.71. The molecule has 2 aromatic carbocycles. The lowest BCUT2D eigenvalue weighted by atomic mass is 10.0. The summed E-state index contributed by atoms with van der Waals surface area (Å²) in [6, 6.07) is 14.4. The second-order valence-corrected chi connectivity index (χ2v) is 6.79. The Hall–Kier alpha value is -3.67. The maximum atomic E-state index is 13.2. The van der Waals surface area contributed by atoms with Crippen LogP contribution in [0.1, 0.15) is 27.2 Å². The fourth-order valence-electron chi connectivity index (χ4n) is 3.19. The van der Waals surface area contributed by atoms with Gasteiger partial charge in [0.1, 0.15) is 17.3 Å². The number of fused-ring (bicyclic) bond motifs is 1. The highest BCUT2D eigenvalue weighted by atomic mass is 19.1. The third-order valence-corrected chi connectivity index (χ3v) is 4.68. The van der Waals surface area contributed by atoms with Gasteiger partial charge in [-0.25, -0.2) is 13.8 Å². The van der Waals surface area contributed by atoms with Crippen molar-refractivity contribution in [2.75, 3.05) is 0 Å². The van der Waals surface area contributed by atoms with Crippen LogP contribution in [0, 0.1) is 18.6 Å². The molecule has 0 aliphatic heterocycles. The Morgan fingerprint density at radius 2 is 1.55 bits per heavy atom. The van der Waals surface area contributed by atoms with Crippen molar-refractivity contribution in [3.05, 3.63) is 111 Å². The molecule has 0 aliphatic carbocycles. The first-order valence-electron chi connectivity index (χ1n) is 8.98. The van der Waals surface area contributed by atoms with Crippen LogP contribution < -0.4 is 5.43 Å². The summed E-state index contributed by atoms with van der Waals surface area (Å²) in [5, 5.41) is 0.311. The zero-order valence-electron chi connectivity index (χ0n) is 15.5. The molecule has 6 heteroatoms. The predicted molar refractivity (Wildman–Crippen MR) is 106 cm³/mol. The highest BCUT2D eigenvalue weighted by Gasteiger charge is 2.18. The topological polar surface area (TPSA) is 52.0 Å². The largest absolute Gasteiger partial charge is 0.327 e. The molecule has 2 heterocycles. The summed E-state index contributed by atoms with van der Waals surface area (Å²) in [5.41, 5.74) is 1.71. The number of benzene rings is 2. The monoisotopic (exact) mass is 390 g/mol. The maximum Gasteiger partial charge on any atom is 0.202 e. The quantitative estimate of drug-likeness (QED) is 0.489. The molecule has 0 fully saturated rings. The standard InChI is InChI=1S/C23H16F2N2O2/c1-14-2-11-19-22(29)20(21(28)16-5-9-18(25)10-6-16)13-27(23(19)26-14)12-15-3-7-17(24)8-4-15/h2-11,13H,12H2,1H3. The van der Waals surface area contributed by atoms with Crippen LogP contribution in [-0.2, 0) is 6.54 Å². The second-order valence-electron chi connectivity index (χ2n) is 6.79. The van der Waals surface area contributed by atoms with E-state index in [1.54, 1.807) is 28.8 Å². The summed E-state index contributed by atoms with van der Waals surface area (Å²) < 4.78 is 28.1. The van der Waals surface area contributed by atoms with Gasteiger partial charge in [-0.1, -0.05) is 12.1 Å². The first-order chi connectivity index (χ1) is 13.9. The highest BCUT2D eigenvalue weighted by Crippen LogP contribution is 2.16. The number of halogens is 2. The van der Waals surface area contributed by atoms with Crippen LogP contribution in [0.15, 0.2) is 71.7 Å². The fraction of sp³-hybridized carbons (Fsp3) is 0.0870. The zero-order valence-corrected chi connectivity index (χ0v) is 15.5. The van der Waals surface area contributed by atoms with E-state index < -0.39 is 17.0 Å². The number of nitrogens with zero attached hydrogens (tertiary/aromatic N) is 2. The number of hydrogen-bond donors (Lipinski definition) is 0. The molecular formula is C23H16F2N2O2. The molecule has 29 heavy (non-hydrogen) atoms. The smallest absolute Gasteiger partial charge is 0.202 e. The van der Waals surface area contributed by atoms with E-state index in [0.717, 1.165) is 11.3 Å². The third kappa shape index (κ3) is 3.69. The summed E-state index contributed by atoms with van der Waals surface area (Å²) in [6.07, 6.45) is 1.46. The zero-order chi connectivity index (χ0) is 20.5. The number of aromatic nitrogens is 2. The Balaban J connectivity index is 1.89. The van der Waals surface area contributed by atoms with Gasteiger partial charge < -0.3 is 4.57 Å². The molecule has 0 spiro atoms. The van der Waals surface area contributed by atoms with Crippen LogP contribution in [0.5, 0.6) is 0 Å². The molecule has 0 saturated carbocycles. The number of hydrogen-bond acceptors (Lipinski definition) is 3. The van der Waals surface area contributed by atoms with E-state index in [1.807, 2.05) is 6.92 Å². The van der Waals surface area contributed by atoms with Gasteiger partial charge in [-0.15, -0.1) is 0 Å². The van der Waals surface area contributed by atoms with Crippen LogP contribution in [0.3, 0.4) is 0 Å². The number of pyridine rings is 2. The van der Waals surface area contributed by atoms with Gasteiger partial charge in [0.25, 0.3) is 0 Å². The van der Waals surface area contributed by atoms with Crippen LogP contribution in [0.2, 0.25) is 0 Å². The third-order valence-electron chi connectivity index (χ3n) is 4.68. The Morgan fingerprint density at radius 1 is 0.931 bits per heavy atom. The van der Waals surface area contributed by atoms with Gasteiger partial charge in [-0.3, -0.25) is 9.59 Å². The van der Waals surface area contributed by atoms with Gasteiger partial charge in [0.2, 0.25) is 5.43 Å². The minimum atomic E-state index is -0.495. The average molecular weight is 390 g/mol. The van der Waals surface area contributed by atoms with Crippen LogP contribution >= 0.6 is 0 Å². The minimum Gasteiger partial charge on any atom is -0.327 e. The van der Waals surface area contributed by atoms with Crippen LogP contribution in [0.25, 0.3) is 11.0 Å². The number of ketones is 1. The summed E-state index contributed by atoms with van der Waals surface area (Å²) in [7, 11) is 0. The molecule has 0 atom stereocenters. The van der Waals surface area contributed by atoms with Crippen molar-refractivity contribution in [2.24, 2.45) is 0 Å². The molecule has 0 bridgehead atoms. The molecule has 0 saturated heterocycles. The molecule has 0 aliphatic rings. The number of carbonyl (C=O) groups is 1. The van der Waals surface area contributed by atoms with Gasteiger partial charge in [-0.05, 0) is 61.0 Å². The van der Waals surface area contributed by atoms with Gasteiger partial charge in [0.15, 0.2) is 5.78 Å². The molecule has 4 aromatic rings. The van der Waals surface area contributed by atoms with Crippen molar-refractivity contribution in [3.8, 4) is 0 Å². The van der Waals surface area contributed by atoms with E-state index in [9.17, 15) is 18.4 Å². The lowest BCUT2D eigenvalue weighted by Crippen LogP contribution is -2.21. The van der Waals surface area contributed by atoms with E-state index in [1.165, 1.54) is 42.6 Å². The summed E-state index contributed by atoms with van der Waals surface area (Å²) in [4.78, 5) is 30.4. The SMILES string of the molecule is Cc1ccc2c(=O)c(C(=O)c3ccc(F)cc3)cn(Cc3ccc(F)cc3)c2n1. The molecule has 0 N–H and O–H groups in total. The number of rotatable bonds is 4. The first kappa shape index (κ1) is 18.7. The summed E-state index contributed by atoms with van der Waals surface area (Å²) in [6.45, 7) is 2.11. The molecule has 144 valence electrons. The lowest BCUT2D eigenvalue weighted by molar-refractivity contribution is 0.103. The van der Waals surface area contributed by atoms with Gasteiger partial charge >= 0.3 is 0 Å². The number of carbonyl (C=O) groups excluding carboxylic acids is 1. The van der Waals surface area contributed by atoms with Crippen molar-refractivity contribution in [1.82, 2.24) is 9.55 Å². The number of aryl methyl sites for hydroxylation is 1. The van der Waals surface area contributed by atoms with Crippen molar-refractivity contribution < 1.29 is 13.6 Å². The van der Waals surface area contributed by atoms with Crippen LogP contribution in [0.4, 0.5) is 8.78 Å². The fourth-order valence-corrected chi connectivity index (χ4v) is 3.19. The molecular weight excluding hydrogens is 374 g/mol. The van der Waals surface area contributed by atoms with E-state index in [0.29, 0.717) is 17.6 Å². The Morgan fingerprint density at radius 3 is 2.21 bits per heavy atom. The maximum absolute atomic E-state index is 13.2. The Bertz CT molecular complexity index is 1280. The first-order valence-corrected chi connectivity index (χ1v) is 8.98. The second kappa shape index (κ2) is 7.39. The lowest BCUT2D eigenvalue weighted by Gasteiger charge is -2.13. The van der Waals surface area contributed by atoms with Crippen molar-refractivity contribution in [3.63, 3.8) is 0 Å². The van der Waals surface area contributed by atoms with E-state index in [-0.39, 0.29) is 16.9 Å². The van der Waals surface area contributed by atoms with Crippen molar-refractivity contribution in [2.45, 2.75) is 13.5 Å². The highest BCUT2D eigenvalue weighted by molar-refractivity contribution is 6.10. The molecule has 0 amide bonds. The molecule has 2 aromatic heterocycles. The van der Waals surface area contributed by atoms with E-state index in [4.69, 9.17) is 0 Å². The van der Waals surface area contributed by atoms with Gasteiger partial charge in [0.05, 0.1) is 10.9 Å². The molecule has 4 rings (SSSR count). The summed E-state index contributed by atoms with van der Waals surface area (Å²) >= 11 is 0. The Kier molecular flexibility index (Phi) is 4.76. The Labute approximate surface area is 165 Å². The van der Waals surface area contributed by atoms with Crippen LogP contribution in [-0.4, -0.2) is 15.3 Å². The van der Waals surface area contributed by atoms with Crippen molar-refractivity contribution >= 4 is 16.8 Å². The molecule has 4 nitrogen and oxygen atoms in total. The van der Waals surface area contributed by atoms with Gasteiger partial charge in [-0.2, -0.15) is 0 Å². The normalized spacial score (nSPS) is 11.0. The van der Waals surface area contributed by atoms with Crippen molar-refractivity contribution in [1.29, 1.82) is 0 Å². The van der Waals surface area contributed by atoms with E-state index >= 15 is 0 Å². The minimum absolute atomic E-state index is 0.0307. The van der Waals surface area contributed by atoms with Gasteiger partial charge in [0, 0.05) is 24.0 Å².